The second-order valence-electron chi connectivity index (χ2n) is 4.17. The molecule has 0 spiro atoms. The maximum Gasteiger partial charge on any atom is 0.405 e. The van der Waals surface area contributed by atoms with E-state index in [4.69, 9.17) is 5.26 Å². The van der Waals surface area contributed by atoms with Gasteiger partial charge in [0.05, 0.1) is 11.3 Å². The van der Waals surface area contributed by atoms with Crippen LogP contribution in [0.5, 0.6) is 0 Å². The molecule has 0 amide bonds. The highest BCUT2D eigenvalue weighted by Crippen LogP contribution is 2.26. The molecule has 1 aromatic carbocycles. The molecule has 18 heavy (non-hydrogen) atoms. The van der Waals surface area contributed by atoms with Crippen LogP contribution < -0.4 is 4.90 Å². The lowest BCUT2D eigenvalue weighted by Gasteiger charge is -2.26. The number of hydrogen-bond donors (Lipinski definition) is 0. The molecule has 1 rings (SSSR count). The molecular weight excluding hydrogens is 241 g/mol. The Morgan fingerprint density at radius 2 is 2.00 bits per heavy atom. The van der Waals surface area contributed by atoms with Gasteiger partial charge >= 0.3 is 6.18 Å². The minimum Gasteiger partial charge on any atom is -0.362 e. The molecule has 0 aliphatic heterocycles. The number of alkyl halides is 3. The van der Waals surface area contributed by atoms with Gasteiger partial charge in [0.2, 0.25) is 0 Å². The lowest BCUT2D eigenvalue weighted by molar-refractivity contribution is -0.119. The molecule has 0 bridgehead atoms. The smallest absolute Gasteiger partial charge is 0.362 e. The van der Waals surface area contributed by atoms with Crippen LogP contribution in [0.3, 0.4) is 0 Å². The van der Waals surface area contributed by atoms with Crippen molar-refractivity contribution >= 4 is 5.69 Å². The van der Waals surface area contributed by atoms with Crippen LogP contribution in [0.15, 0.2) is 18.2 Å². The first-order valence-corrected chi connectivity index (χ1v) is 5.70. The summed E-state index contributed by atoms with van der Waals surface area (Å²) in [5, 5.41) is 8.97. The number of halogens is 3. The Hall–Kier alpha value is -1.70. The molecule has 0 aliphatic carbocycles. The Morgan fingerprint density at radius 3 is 2.50 bits per heavy atom. The van der Waals surface area contributed by atoms with Crippen molar-refractivity contribution in [2.24, 2.45) is 0 Å². The first-order valence-electron chi connectivity index (χ1n) is 5.70. The van der Waals surface area contributed by atoms with Crippen LogP contribution in [0.2, 0.25) is 0 Å². The van der Waals surface area contributed by atoms with Crippen molar-refractivity contribution < 1.29 is 13.2 Å². The van der Waals surface area contributed by atoms with Gasteiger partial charge in [0.25, 0.3) is 0 Å². The third kappa shape index (κ3) is 3.95. The molecule has 0 aliphatic rings. The van der Waals surface area contributed by atoms with Crippen LogP contribution in [-0.2, 0) is 0 Å². The van der Waals surface area contributed by atoms with E-state index in [1.165, 1.54) is 4.90 Å². The van der Waals surface area contributed by atoms with E-state index < -0.39 is 12.7 Å². The molecule has 0 aromatic heterocycles. The van der Waals surface area contributed by atoms with Crippen molar-refractivity contribution in [1.82, 2.24) is 0 Å². The number of nitrogens with zero attached hydrogens (tertiary/aromatic N) is 2. The molecule has 0 N–H and O–H groups in total. The van der Waals surface area contributed by atoms with E-state index in [0.29, 0.717) is 12.1 Å². The summed E-state index contributed by atoms with van der Waals surface area (Å²) in [6, 6.07) is 6.84. The summed E-state index contributed by atoms with van der Waals surface area (Å²) in [5.74, 6) is 0. The van der Waals surface area contributed by atoms with Gasteiger partial charge in [-0.25, -0.2) is 0 Å². The molecule has 1 aromatic rings. The van der Waals surface area contributed by atoms with Crippen LogP contribution in [0.4, 0.5) is 18.9 Å². The van der Waals surface area contributed by atoms with Crippen LogP contribution in [0, 0.1) is 18.3 Å². The van der Waals surface area contributed by atoms with Crippen LogP contribution >= 0.6 is 0 Å². The highest BCUT2D eigenvalue weighted by molar-refractivity contribution is 5.60. The van der Waals surface area contributed by atoms with E-state index >= 15 is 0 Å². The van der Waals surface area contributed by atoms with Crippen LogP contribution in [-0.4, -0.2) is 19.3 Å². The minimum absolute atomic E-state index is 0.275. The molecule has 0 radical (unpaired) electrons. The molecule has 0 saturated carbocycles. The van der Waals surface area contributed by atoms with Crippen molar-refractivity contribution in [3.8, 4) is 6.07 Å². The van der Waals surface area contributed by atoms with Crippen molar-refractivity contribution in [2.75, 3.05) is 18.0 Å². The summed E-state index contributed by atoms with van der Waals surface area (Å²) in [6.07, 6.45) is -3.68. The Morgan fingerprint density at radius 1 is 1.33 bits per heavy atom. The zero-order valence-electron chi connectivity index (χ0n) is 10.4. The first-order chi connectivity index (χ1) is 8.37. The van der Waals surface area contributed by atoms with Gasteiger partial charge in [-0.2, -0.15) is 18.4 Å². The standard InChI is InChI=1S/C13H15F3N2/c1-3-6-18(9-13(14,15)16)12-7-10(2)4-5-11(12)8-17/h4-5,7H,3,6,9H2,1-2H3. The fourth-order valence-electron chi connectivity index (χ4n) is 1.77. The maximum atomic E-state index is 12.5. The van der Waals surface area contributed by atoms with Gasteiger partial charge < -0.3 is 4.90 Å². The molecule has 0 heterocycles. The molecule has 5 heteroatoms. The Balaban J connectivity index is 3.12. The highest BCUT2D eigenvalue weighted by atomic mass is 19.4. The SMILES string of the molecule is CCCN(CC(F)(F)F)c1cc(C)ccc1C#N. The lowest BCUT2D eigenvalue weighted by atomic mass is 10.1. The summed E-state index contributed by atoms with van der Waals surface area (Å²) < 4.78 is 37.6. The second-order valence-corrected chi connectivity index (χ2v) is 4.17. The zero-order chi connectivity index (χ0) is 13.8. The van der Waals surface area contributed by atoms with Crippen molar-refractivity contribution in [3.05, 3.63) is 29.3 Å². The van der Waals surface area contributed by atoms with Crippen molar-refractivity contribution in [2.45, 2.75) is 26.4 Å². The number of anilines is 1. The van der Waals surface area contributed by atoms with Gasteiger partial charge in [-0.3, -0.25) is 0 Å². The minimum atomic E-state index is -4.27. The third-order valence-electron chi connectivity index (χ3n) is 2.48. The summed E-state index contributed by atoms with van der Waals surface area (Å²) in [4.78, 5) is 1.21. The lowest BCUT2D eigenvalue weighted by Crippen LogP contribution is -2.35. The van der Waals surface area contributed by atoms with Crippen molar-refractivity contribution in [3.63, 3.8) is 0 Å². The predicted molar refractivity (Wildman–Crippen MR) is 64.5 cm³/mol. The van der Waals surface area contributed by atoms with Crippen LogP contribution in [0.25, 0.3) is 0 Å². The largest absolute Gasteiger partial charge is 0.405 e. The monoisotopic (exact) mass is 256 g/mol. The number of rotatable bonds is 4. The van der Waals surface area contributed by atoms with Gasteiger partial charge in [-0.05, 0) is 31.0 Å². The van der Waals surface area contributed by atoms with E-state index in [9.17, 15) is 13.2 Å². The van der Waals surface area contributed by atoms with E-state index in [1.807, 2.05) is 13.0 Å². The van der Waals surface area contributed by atoms with Gasteiger partial charge in [0.1, 0.15) is 12.6 Å². The summed E-state index contributed by atoms with van der Waals surface area (Å²) in [6.45, 7) is 2.85. The maximum absolute atomic E-state index is 12.5. The molecular formula is C13H15F3N2. The Bertz CT molecular complexity index is 447. The Kier molecular flexibility index (Phi) is 4.60. The second kappa shape index (κ2) is 5.76. The van der Waals surface area contributed by atoms with E-state index in [-0.39, 0.29) is 12.1 Å². The number of hydrogen-bond acceptors (Lipinski definition) is 2. The first kappa shape index (κ1) is 14.4. The molecule has 0 fully saturated rings. The highest BCUT2D eigenvalue weighted by Gasteiger charge is 2.31. The van der Waals surface area contributed by atoms with Gasteiger partial charge in [0.15, 0.2) is 0 Å². The van der Waals surface area contributed by atoms with E-state index in [0.717, 1.165) is 5.56 Å². The summed E-state index contributed by atoms with van der Waals surface area (Å²) in [5.41, 5.74) is 1.47. The van der Waals surface area contributed by atoms with Crippen molar-refractivity contribution in [1.29, 1.82) is 5.26 Å². The summed E-state index contributed by atoms with van der Waals surface area (Å²) in [7, 11) is 0. The quantitative estimate of drug-likeness (QED) is 0.822. The molecule has 0 unspecified atom stereocenters. The molecule has 0 saturated heterocycles. The molecule has 98 valence electrons. The molecule has 2 nitrogen and oxygen atoms in total. The summed E-state index contributed by atoms with van der Waals surface area (Å²) >= 11 is 0. The van der Waals surface area contributed by atoms with E-state index in [2.05, 4.69) is 0 Å². The average Bonchev–Trinajstić information content (AvgIpc) is 2.26. The van der Waals surface area contributed by atoms with Gasteiger partial charge in [0, 0.05) is 6.54 Å². The predicted octanol–water partition coefficient (Wildman–Crippen LogP) is 3.65. The number of benzene rings is 1. The fraction of sp³-hybridized carbons (Fsp3) is 0.462. The normalized spacial score (nSPS) is 11.1. The van der Waals surface area contributed by atoms with Gasteiger partial charge in [-0.15, -0.1) is 0 Å². The fourth-order valence-corrected chi connectivity index (χ4v) is 1.77. The van der Waals surface area contributed by atoms with Crippen LogP contribution in [0.1, 0.15) is 24.5 Å². The Labute approximate surface area is 105 Å². The number of aryl methyl sites for hydroxylation is 1. The molecule has 0 atom stereocenters. The average molecular weight is 256 g/mol. The van der Waals surface area contributed by atoms with Gasteiger partial charge in [-0.1, -0.05) is 13.0 Å². The number of nitriles is 1. The topological polar surface area (TPSA) is 27.0 Å². The van der Waals surface area contributed by atoms with E-state index in [1.54, 1.807) is 25.1 Å². The zero-order valence-corrected chi connectivity index (χ0v) is 10.4. The third-order valence-corrected chi connectivity index (χ3v) is 2.48.